The molecule has 18 heavy (non-hydrogen) atoms. The molecule has 0 atom stereocenters. The van der Waals surface area contributed by atoms with Gasteiger partial charge in [-0.1, -0.05) is 81.9 Å². The van der Waals surface area contributed by atoms with E-state index in [0.717, 1.165) is 24.3 Å². The maximum atomic E-state index is 2.68. The minimum Gasteiger partial charge on any atom is -0.118 e. The van der Waals surface area contributed by atoms with E-state index in [1.807, 2.05) is 0 Å². The molecule has 0 aromatic rings. The molecule has 3 aliphatic carbocycles. The van der Waals surface area contributed by atoms with Crippen molar-refractivity contribution in [1.29, 1.82) is 0 Å². The van der Waals surface area contributed by atoms with Crippen molar-refractivity contribution >= 4 is 6.71 Å². The molecular formula is C17H29B. The van der Waals surface area contributed by atoms with E-state index in [2.05, 4.69) is 12.1 Å². The Morgan fingerprint density at radius 3 is 1.56 bits per heavy atom. The van der Waals surface area contributed by atoms with E-state index >= 15 is 0 Å². The van der Waals surface area contributed by atoms with Crippen molar-refractivity contribution in [2.24, 2.45) is 5.92 Å². The van der Waals surface area contributed by atoms with Crippen molar-refractivity contribution in [2.45, 2.75) is 88.7 Å². The fourth-order valence-electron chi connectivity index (χ4n) is 4.31. The lowest BCUT2D eigenvalue weighted by Crippen LogP contribution is -2.28. The molecule has 0 unspecified atom stereocenters. The SMILES string of the molecule is C(=C\C1CC1)/B(C1CCCCC1)C1CCCCC1. The van der Waals surface area contributed by atoms with Crippen LogP contribution in [0.1, 0.15) is 77.0 Å². The Bertz CT molecular complexity index is 249. The van der Waals surface area contributed by atoms with Crippen LogP contribution in [0.25, 0.3) is 0 Å². The monoisotopic (exact) mass is 244 g/mol. The topological polar surface area (TPSA) is 0 Å². The van der Waals surface area contributed by atoms with Crippen molar-refractivity contribution in [3.05, 3.63) is 12.1 Å². The lowest BCUT2D eigenvalue weighted by Gasteiger charge is -2.34. The van der Waals surface area contributed by atoms with Gasteiger partial charge in [-0.3, -0.25) is 0 Å². The first-order valence-electron chi connectivity index (χ1n) is 8.62. The van der Waals surface area contributed by atoms with Gasteiger partial charge in [0.05, 0.1) is 0 Å². The molecule has 3 aliphatic rings. The highest BCUT2D eigenvalue weighted by molar-refractivity contribution is 6.67. The Morgan fingerprint density at radius 1 is 0.611 bits per heavy atom. The Labute approximate surface area is 114 Å². The quantitative estimate of drug-likeness (QED) is 0.560. The second kappa shape index (κ2) is 6.30. The maximum absolute atomic E-state index is 2.68. The van der Waals surface area contributed by atoms with Gasteiger partial charge in [0.25, 0.3) is 0 Å². The third-order valence-corrected chi connectivity index (χ3v) is 5.62. The van der Waals surface area contributed by atoms with E-state index in [1.54, 1.807) is 0 Å². The van der Waals surface area contributed by atoms with E-state index in [0.29, 0.717) is 0 Å². The van der Waals surface area contributed by atoms with Gasteiger partial charge in [0.1, 0.15) is 0 Å². The highest BCUT2D eigenvalue weighted by atomic mass is 14.2. The van der Waals surface area contributed by atoms with Crippen LogP contribution >= 0.6 is 0 Å². The molecule has 0 spiro atoms. The van der Waals surface area contributed by atoms with Gasteiger partial charge in [-0.2, -0.15) is 0 Å². The minimum atomic E-state index is 0.950. The Kier molecular flexibility index (Phi) is 4.49. The van der Waals surface area contributed by atoms with E-state index in [1.165, 1.54) is 77.0 Å². The van der Waals surface area contributed by atoms with Crippen LogP contribution in [0.3, 0.4) is 0 Å². The number of hydrogen-bond acceptors (Lipinski definition) is 0. The summed E-state index contributed by atoms with van der Waals surface area (Å²) in [5, 5.41) is 0. The first kappa shape index (κ1) is 12.8. The lowest BCUT2D eigenvalue weighted by molar-refractivity contribution is 0.464. The average molecular weight is 244 g/mol. The first-order valence-corrected chi connectivity index (χ1v) is 8.62. The average Bonchev–Trinajstić information content (AvgIpc) is 3.26. The highest BCUT2D eigenvalue weighted by Gasteiger charge is 2.33. The smallest absolute Gasteiger partial charge is 0.118 e. The van der Waals surface area contributed by atoms with Crippen molar-refractivity contribution in [3.63, 3.8) is 0 Å². The standard InChI is InChI=1S/C17H29B/c1-3-7-16(8-4-1)18(14-13-15-11-12-15)17-9-5-2-6-10-17/h13-17H,1-12H2/b14-13+. The van der Waals surface area contributed by atoms with Gasteiger partial charge in [-0.15, -0.1) is 5.98 Å². The zero-order valence-electron chi connectivity index (χ0n) is 11.9. The van der Waals surface area contributed by atoms with Crippen molar-refractivity contribution in [1.82, 2.24) is 0 Å². The lowest BCUT2D eigenvalue weighted by atomic mass is 9.30. The second-order valence-electron chi connectivity index (χ2n) is 7.10. The summed E-state index contributed by atoms with van der Waals surface area (Å²) >= 11 is 0. The third kappa shape index (κ3) is 3.42. The second-order valence-corrected chi connectivity index (χ2v) is 7.10. The van der Waals surface area contributed by atoms with Crippen LogP contribution in [0.2, 0.25) is 11.6 Å². The van der Waals surface area contributed by atoms with Gasteiger partial charge in [-0.25, -0.2) is 0 Å². The molecule has 3 saturated carbocycles. The molecule has 1 heteroatoms. The van der Waals surface area contributed by atoms with Crippen LogP contribution in [-0.4, -0.2) is 6.71 Å². The zero-order valence-corrected chi connectivity index (χ0v) is 11.9. The third-order valence-electron chi connectivity index (χ3n) is 5.62. The molecule has 3 rings (SSSR count). The summed E-state index contributed by atoms with van der Waals surface area (Å²) in [5.41, 5.74) is 0. The predicted octanol–water partition coefficient (Wildman–Crippen LogP) is 5.66. The molecule has 0 aromatic heterocycles. The minimum absolute atomic E-state index is 0.950. The zero-order chi connectivity index (χ0) is 12.2. The summed E-state index contributed by atoms with van der Waals surface area (Å²) in [6.45, 7) is 0.950. The van der Waals surface area contributed by atoms with Gasteiger partial charge >= 0.3 is 0 Å². The van der Waals surface area contributed by atoms with Crippen molar-refractivity contribution in [3.8, 4) is 0 Å². The molecule has 0 radical (unpaired) electrons. The molecule has 0 heterocycles. The predicted molar refractivity (Wildman–Crippen MR) is 81.3 cm³/mol. The molecule has 0 nitrogen and oxygen atoms in total. The molecule has 0 saturated heterocycles. The summed E-state index contributed by atoms with van der Waals surface area (Å²) in [4.78, 5) is 0. The Balaban J connectivity index is 1.64. The molecular weight excluding hydrogens is 215 g/mol. The van der Waals surface area contributed by atoms with Crippen LogP contribution in [0.5, 0.6) is 0 Å². The van der Waals surface area contributed by atoms with Crippen molar-refractivity contribution < 1.29 is 0 Å². The first-order chi connectivity index (χ1) is 8.93. The molecule has 3 fully saturated rings. The highest BCUT2D eigenvalue weighted by Crippen LogP contribution is 2.42. The van der Waals surface area contributed by atoms with Gasteiger partial charge < -0.3 is 0 Å². The van der Waals surface area contributed by atoms with Gasteiger partial charge in [0.2, 0.25) is 0 Å². The van der Waals surface area contributed by atoms with Crippen LogP contribution in [0, 0.1) is 5.92 Å². The molecule has 0 aliphatic heterocycles. The van der Waals surface area contributed by atoms with Gasteiger partial charge in [0, 0.05) is 0 Å². The Hall–Kier alpha value is -0.195. The van der Waals surface area contributed by atoms with E-state index in [-0.39, 0.29) is 0 Å². The number of rotatable bonds is 4. The van der Waals surface area contributed by atoms with Crippen LogP contribution < -0.4 is 0 Å². The normalized spacial score (nSPS) is 27.8. The molecule has 0 N–H and O–H groups in total. The Morgan fingerprint density at radius 2 is 1.11 bits per heavy atom. The van der Waals surface area contributed by atoms with Crippen LogP contribution in [0.15, 0.2) is 12.1 Å². The fraction of sp³-hybridized carbons (Fsp3) is 0.882. The molecule has 0 amide bonds. The summed E-state index contributed by atoms with van der Waals surface area (Å²) in [6, 6.07) is 0. The maximum Gasteiger partial charge on any atom is 0.172 e. The van der Waals surface area contributed by atoms with E-state index < -0.39 is 0 Å². The summed E-state index contributed by atoms with van der Waals surface area (Å²) in [7, 11) is 0. The van der Waals surface area contributed by atoms with Crippen LogP contribution in [0.4, 0.5) is 0 Å². The van der Waals surface area contributed by atoms with E-state index in [9.17, 15) is 0 Å². The fourth-order valence-corrected chi connectivity index (χ4v) is 4.31. The number of allylic oxidation sites excluding steroid dienone is 1. The summed E-state index contributed by atoms with van der Waals surface area (Å²) in [5.74, 6) is 5.73. The number of hydrogen-bond donors (Lipinski definition) is 0. The van der Waals surface area contributed by atoms with Gasteiger partial charge in [-0.05, 0) is 18.8 Å². The van der Waals surface area contributed by atoms with E-state index in [4.69, 9.17) is 0 Å². The summed E-state index contributed by atoms with van der Waals surface area (Å²) < 4.78 is 0. The van der Waals surface area contributed by atoms with Gasteiger partial charge in [0.15, 0.2) is 6.71 Å². The largest absolute Gasteiger partial charge is 0.172 e. The molecule has 0 aromatic carbocycles. The molecule has 0 bridgehead atoms. The van der Waals surface area contributed by atoms with Crippen molar-refractivity contribution in [2.75, 3.05) is 0 Å². The summed E-state index contributed by atoms with van der Waals surface area (Å²) in [6.07, 6.45) is 20.6. The van der Waals surface area contributed by atoms with Crippen LogP contribution in [-0.2, 0) is 0 Å². The molecule has 100 valence electrons.